The molecule has 2 aliphatic rings. The van der Waals surface area contributed by atoms with Crippen LogP contribution in [0.1, 0.15) is 41.6 Å². The van der Waals surface area contributed by atoms with Crippen molar-refractivity contribution in [2.75, 3.05) is 26.1 Å². The zero-order valence-corrected chi connectivity index (χ0v) is 22.5. The van der Waals surface area contributed by atoms with Crippen molar-refractivity contribution in [2.24, 2.45) is 0 Å². The van der Waals surface area contributed by atoms with Gasteiger partial charge in [-0.3, -0.25) is 9.69 Å². The molecule has 0 aliphatic carbocycles. The van der Waals surface area contributed by atoms with E-state index in [2.05, 4.69) is 51.5 Å². The van der Waals surface area contributed by atoms with Gasteiger partial charge in [0.15, 0.2) is 0 Å². The standard InChI is InChI=1S/C28H33N3O2.C2H2O4/c1-30(2)26-17-25(27(33-3)24-12-8-7-11-23(24)26)28(32)29-20-15-21-13-14-22(16-20)31(21)18-19-9-5-4-6-10-19;3-1(4)2(5)6/h4-12,17,20-22H,13-16,18H2,1-3H3,(H,29,32);(H,3,4)(H,5,6). The van der Waals surface area contributed by atoms with Crippen molar-refractivity contribution in [1.29, 1.82) is 0 Å². The van der Waals surface area contributed by atoms with Crippen molar-refractivity contribution >= 4 is 34.3 Å². The van der Waals surface area contributed by atoms with Gasteiger partial charge in [0.2, 0.25) is 0 Å². The number of carboxylic acid groups (broad SMARTS) is 2. The summed E-state index contributed by atoms with van der Waals surface area (Å²) in [7, 11) is 5.67. The fourth-order valence-electron chi connectivity index (χ4n) is 5.80. The van der Waals surface area contributed by atoms with Gasteiger partial charge in [0, 0.05) is 55.2 Å². The lowest BCUT2D eigenvalue weighted by atomic mass is 9.95. The Balaban J connectivity index is 0.000000531. The molecule has 5 rings (SSSR count). The van der Waals surface area contributed by atoms with Crippen LogP contribution in [0.4, 0.5) is 5.69 Å². The number of methoxy groups -OCH3 is 1. The summed E-state index contributed by atoms with van der Waals surface area (Å²) >= 11 is 0. The Hall–Kier alpha value is -4.11. The number of benzene rings is 3. The molecule has 3 aromatic rings. The molecule has 2 atom stereocenters. The largest absolute Gasteiger partial charge is 0.495 e. The van der Waals surface area contributed by atoms with E-state index in [0.717, 1.165) is 35.8 Å². The third kappa shape index (κ3) is 6.31. The lowest BCUT2D eigenvalue weighted by Gasteiger charge is -2.39. The van der Waals surface area contributed by atoms with Gasteiger partial charge in [0.05, 0.1) is 12.7 Å². The molecule has 2 bridgehead atoms. The molecule has 1 amide bonds. The normalized spacial score (nSPS) is 20.0. The van der Waals surface area contributed by atoms with E-state index in [0.29, 0.717) is 23.4 Å². The minimum absolute atomic E-state index is 0.0402. The molecule has 0 spiro atoms. The van der Waals surface area contributed by atoms with Crippen molar-refractivity contribution in [3.8, 4) is 5.75 Å². The summed E-state index contributed by atoms with van der Waals surface area (Å²) in [4.78, 5) is 36.4. The van der Waals surface area contributed by atoms with Crippen molar-refractivity contribution in [1.82, 2.24) is 10.2 Å². The molecule has 3 aromatic carbocycles. The van der Waals surface area contributed by atoms with Crippen LogP contribution in [0.3, 0.4) is 0 Å². The minimum atomic E-state index is -1.82. The average Bonchev–Trinajstić information content (AvgIpc) is 3.14. The summed E-state index contributed by atoms with van der Waals surface area (Å²) < 4.78 is 5.75. The highest BCUT2D eigenvalue weighted by Gasteiger charge is 2.41. The Labute approximate surface area is 228 Å². The maximum Gasteiger partial charge on any atom is 0.414 e. The second-order valence-electron chi connectivity index (χ2n) is 10.2. The number of anilines is 1. The molecule has 39 heavy (non-hydrogen) atoms. The molecule has 2 fully saturated rings. The van der Waals surface area contributed by atoms with Gasteiger partial charge in [-0.1, -0.05) is 54.6 Å². The van der Waals surface area contributed by atoms with E-state index in [1.165, 1.54) is 18.4 Å². The molecule has 0 aromatic heterocycles. The Morgan fingerprint density at radius 3 is 2.03 bits per heavy atom. The molecule has 206 valence electrons. The highest BCUT2D eigenvalue weighted by Crippen LogP contribution is 2.39. The molecule has 2 saturated heterocycles. The van der Waals surface area contributed by atoms with E-state index in [4.69, 9.17) is 24.5 Å². The van der Waals surface area contributed by atoms with Crippen LogP contribution in [0.25, 0.3) is 10.8 Å². The van der Waals surface area contributed by atoms with Crippen LogP contribution in [0.2, 0.25) is 0 Å². The van der Waals surface area contributed by atoms with E-state index < -0.39 is 11.9 Å². The lowest BCUT2D eigenvalue weighted by Crippen LogP contribution is -2.50. The molecule has 2 unspecified atom stereocenters. The first-order valence-corrected chi connectivity index (χ1v) is 13.0. The van der Waals surface area contributed by atoms with Gasteiger partial charge in [0.1, 0.15) is 5.75 Å². The first-order chi connectivity index (χ1) is 18.7. The van der Waals surface area contributed by atoms with Gasteiger partial charge in [-0.25, -0.2) is 9.59 Å². The van der Waals surface area contributed by atoms with Gasteiger partial charge < -0.3 is 25.2 Å². The Morgan fingerprint density at radius 1 is 0.923 bits per heavy atom. The first-order valence-electron chi connectivity index (χ1n) is 13.0. The number of fused-ring (bicyclic) bond motifs is 3. The Kier molecular flexibility index (Phi) is 8.71. The molecule has 9 heteroatoms. The lowest BCUT2D eigenvalue weighted by molar-refractivity contribution is -0.159. The van der Waals surface area contributed by atoms with Crippen molar-refractivity contribution in [2.45, 2.75) is 50.4 Å². The number of piperidine rings is 1. The number of carbonyl (C=O) groups is 3. The number of carboxylic acids is 2. The van der Waals surface area contributed by atoms with Crippen LogP contribution in [-0.4, -0.2) is 72.3 Å². The predicted octanol–water partition coefficient (Wildman–Crippen LogP) is 4.00. The molecule has 2 aliphatic heterocycles. The number of rotatable bonds is 6. The van der Waals surface area contributed by atoms with Crippen LogP contribution in [0.15, 0.2) is 60.7 Å². The van der Waals surface area contributed by atoms with E-state index in [-0.39, 0.29) is 11.9 Å². The van der Waals surface area contributed by atoms with Crippen molar-refractivity contribution in [3.05, 3.63) is 71.8 Å². The average molecular weight is 534 g/mol. The third-order valence-corrected chi connectivity index (χ3v) is 7.51. The summed E-state index contributed by atoms with van der Waals surface area (Å²) in [6, 6.07) is 22.1. The number of hydrogen-bond donors (Lipinski definition) is 3. The van der Waals surface area contributed by atoms with Crippen LogP contribution in [-0.2, 0) is 16.1 Å². The van der Waals surface area contributed by atoms with Crippen LogP contribution >= 0.6 is 0 Å². The van der Waals surface area contributed by atoms with Gasteiger partial charge >= 0.3 is 11.9 Å². The molecular formula is C30H35N3O6. The Bertz CT molecular complexity index is 1320. The number of hydrogen-bond acceptors (Lipinski definition) is 6. The third-order valence-electron chi connectivity index (χ3n) is 7.51. The summed E-state index contributed by atoms with van der Waals surface area (Å²) in [6.45, 7) is 1.00. The van der Waals surface area contributed by atoms with Gasteiger partial charge in [0.25, 0.3) is 5.91 Å². The zero-order chi connectivity index (χ0) is 28.1. The second-order valence-corrected chi connectivity index (χ2v) is 10.2. The van der Waals surface area contributed by atoms with E-state index >= 15 is 0 Å². The van der Waals surface area contributed by atoms with Crippen LogP contribution in [0, 0.1) is 0 Å². The first kappa shape index (κ1) is 27.9. The van der Waals surface area contributed by atoms with Crippen molar-refractivity contribution < 1.29 is 29.3 Å². The number of aliphatic carboxylic acids is 2. The number of ether oxygens (including phenoxy) is 1. The maximum absolute atomic E-state index is 13.5. The second kappa shape index (κ2) is 12.2. The fourth-order valence-corrected chi connectivity index (χ4v) is 5.80. The number of carbonyl (C=O) groups excluding carboxylic acids is 1. The maximum atomic E-state index is 13.5. The molecule has 0 radical (unpaired) electrons. The van der Waals surface area contributed by atoms with Gasteiger partial charge in [-0.2, -0.15) is 0 Å². The summed E-state index contributed by atoms with van der Waals surface area (Å²) in [5.41, 5.74) is 3.00. The van der Waals surface area contributed by atoms with Crippen molar-refractivity contribution in [3.63, 3.8) is 0 Å². The van der Waals surface area contributed by atoms with E-state index in [9.17, 15) is 4.79 Å². The van der Waals surface area contributed by atoms with Crippen LogP contribution in [0.5, 0.6) is 5.75 Å². The SMILES string of the molecule is COc1c(C(=O)NC2CC3CCC(C2)N3Cc2ccccc2)cc(N(C)C)c2ccccc12.O=C(O)C(=O)O. The zero-order valence-electron chi connectivity index (χ0n) is 22.5. The highest BCUT2D eigenvalue weighted by molar-refractivity contribution is 6.27. The monoisotopic (exact) mass is 533 g/mol. The fraction of sp³-hybridized carbons (Fsp3) is 0.367. The Morgan fingerprint density at radius 2 is 1.49 bits per heavy atom. The molecular weight excluding hydrogens is 498 g/mol. The quantitative estimate of drug-likeness (QED) is 0.407. The number of amides is 1. The molecule has 2 heterocycles. The van der Waals surface area contributed by atoms with Crippen LogP contribution < -0.4 is 15.0 Å². The number of nitrogens with one attached hydrogen (secondary N) is 1. The smallest absolute Gasteiger partial charge is 0.414 e. The summed E-state index contributed by atoms with van der Waals surface area (Å²) in [5, 5.41) is 20.2. The molecule has 0 saturated carbocycles. The summed E-state index contributed by atoms with van der Waals surface area (Å²) in [6.07, 6.45) is 4.44. The van der Waals surface area contributed by atoms with E-state index in [1.807, 2.05) is 38.4 Å². The predicted molar refractivity (Wildman–Crippen MR) is 149 cm³/mol. The minimum Gasteiger partial charge on any atom is -0.495 e. The summed E-state index contributed by atoms with van der Waals surface area (Å²) in [5.74, 6) is -3.04. The van der Waals surface area contributed by atoms with E-state index in [1.54, 1.807) is 7.11 Å². The molecule has 9 nitrogen and oxygen atoms in total. The topological polar surface area (TPSA) is 119 Å². The number of nitrogens with zero attached hydrogens (tertiary/aromatic N) is 2. The molecule has 3 N–H and O–H groups in total. The van der Waals surface area contributed by atoms with Gasteiger partial charge in [-0.15, -0.1) is 0 Å². The highest BCUT2D eigenvalue weighted by atomic mass is 16.5. The van der Waals surface area contributed by atoms with Gasteiger partial charge in [-0.05, 0) is 37.3 Å².